The van der Waals surface area contributed by atoms with Crippen LogP contribution in [0.1, 0.15) is 5.56 Å². The highest BCUT2D eigenvalue weighted by atomic mass is 79.9. The Morgan fingerprint density at radius 2 is 1.72 bits per heavy atom. The first kappa shape index (κ1) is 12.5. The number of methoxy groups -OCH3 is 1. The number of nitriles is 1. The maximum atomic E-state index is 8.71. The summed E-state index contributed by atoms with van der Waals surface area (Å²) in [5, 5.41) is 8.71. The maximum Gasteiger partial charge on any atom is 0.141 e. The maximum absolute atomic E-state index is 8.71. The smallest absolute Gasteiger partial charge is 0.141 e. The Labute approximate surface area is 114 Å². The van der Waals surface area contributed by atoms with Crippen LogP contribution in [-0.4, -0.2) is 7.11 Å². The predicted molar refractivity (Wildman–Crippen MR) is 71.9 cm³/mol. The first-order valence-electron chi connectivity index (χ1n) is 5.24. The first-order valence-corrected chi connectivity index (χ1v) is 6.04. The third-order valence-corrected chi connectivity index (χ3v) is 2.97. The summed E-state index contributed by atoms with van der Waals surface area (Å²) in [6.45, 7) is 0. The van der Waals surface area contributed by atoms with Crippen LogP contribution in [0.15, 0.2) is 46.9 Å². The molecule has 2 rings (SSSR count). The van der Waals surface area contributed by atoms with Crippen molar-refractivity contribution < 1.29 is 9.47 Å². The van der Waals surface area contributed by atoms with Gasteiger partial charge in [-0.3, -0.25) is 0 Å². The molecule has 0 aliphatic heterocycles. The quantitative estimate of drug-likeness (QED) is 0.856. The first-order chi connectivity index (χ1) is 8.72. The van der Waals surface area contributed by atoms with Crippen LogP contribution in [0.5, 0.6) is 17.2 Å². The number of nitrogens with zero attached hydrogens (tertiary/aromatic N) is 1. The zero-order chi connectivity index (χ0) is 13.0. The fourth-order valence-corrected chi connectivity index (χ4v) is 1.85. The summed E-state index contributed by atoms with van der Waals surface area (Å²) in [5.74, 6) is 2.13. The van der Waals surface area contributed by atoms with E-state index in [9.17, 15) is 0 Å². The van der Waals surface area contributed by atoms with E-state index in [0.717, 1.165) is 10.2 Å². The van der Waals surface area contributed by atoms with Gasteiger partial charge in [0.2, 0.25) is 0 Å². The molecule has 2 aromatic carbocycles. The summed E-state index contributed by atoms with van der Waals surface area (Å²) < 4.78 is 11.6. The van der Waals surface area contributed by atoms with Crippen molar-refractivity contribution >= 4 is 15.9 Å². The lowest BCUT2D eigenvalue weighted by Gasteiger charge is -2.09. The van der Waals surface area contributed by atoms with Gasteiger partial charge in [0.25, 0.3) is 0 Å². The monoisotopic (exact) mass is 303 g/mol. The van der Waals surface area contributed by atoms with Crippen LogP contribution in [0.2, 0.25) is 0 Å². The van der Waals surface area contributed by atoms with Crippen LogP contribution in [0, 0.1) is 11.3 Å². The number of hydrogen-bond donors (Lipinski definition) is 0. The Morgan fingerprint density at radius 1 is 1.06 bits per heavy atom. The van der Waals surface area contributed by atoms with Gasteiger partial charge in [-0.05, 0) is 58.4 Å². The fourth-order valence-electron chi connectivity index (χ4n) is 1.42. The van der Waals surface area contributed by atoms with Crippen LogP contribution < -0.4 is 9.47 Å². The van der Waals surface area contributed by atoms with E-state index in [1.54, 1.807) is 31.4 Å². The largest absolute Gasteiger partial charge is 0.497 e. The van der Waals surface area contributed by atoms with E-state index in [2.05, 4.69) is 22.0 Å². The number of benzene rings is 2. The molecular formula is C14H10BrNO2. The highest BCUT2D eigenvalue weighted by Crippen LogP contribution is 2.32. The molecule has 18 heavy (non-hydrogen) atoms. The van der Waals surface area contributed by atoms with Crippen molar-refractivity contribution in [2.45, 2.75) is 0 Å². The molecule has 0 fully saturated rings. The second kappa shape index (κ2) is 5.56. The van der Waals surface area contributed by atoms with Crippen LogP contribution in [0.4, 0.5) is 0 Å². The van der Waals surface area contributed by atoms with Gasteiger partial charge in [-0.25, -0.2) is 0 Å². The van der Waals surface area contributed by atoms with Crippen LogP contribution >= 0.6 is 15.9 Å². The molecule has 0 amide bonds. The molecule has 2 aromatic rings. The summed E-state index contributed by atoms with van der Waals surface area (Å²) >= 11 is 3.42. The fraction of sp³-hybridized carbons (Fsp3) is 0.0714. The standard InChI is InChI=1S/C14H10BrNO2/c1-17-12-6-7-14(13(15)8-12)18-11-4-2-10(9-16)3-5-11/h2-8H,1H3. The Balaban J connectivity index is 2.20. The SMILES string of the molecule is COc1ccc(Oc2ccc(C#N)cc2)c(Br)c1. The summed E-state index contributed by atoms with van der Waals surface area (Å²) in [6.07, 6.45) is 0. The number of halogens is 1. The topological polar surface area (TPSA) is 42.2 Å². The predicted octanol–water partition coefficient (Wildman–Crippen LogP) is 4.12. The van der Waals surface area contributed by atoms with Crippen LogP contribution in [0.25, 0.3) is 0 Å². The van der Waals surface area contributed by atoms with Crippen molar-refractivity contribution in [2.24, 2.45) is 0 Å². The zero-order valence-corrected chi connectivity index (χ0v) is 11.3. The average Bonchev–Trinajstić information content (AvgIpc) is 2.42. The Morgan fingerprint density at radius 3 is 2.28 bits per heavy atom. The van der Waals surface area contributed by atoms with Gasteiger partial charge in [0.05, 0.1) is 23.2 Å². The third-order valence-electron chi connectivity index (χ3n) is 2.35. The summed E-state index contributed by atoms with van der Waals surface area (Å²) in [6, 6.07) is 14.5. The average molecular weight is 304 g/mol. The molecule has 0 aromatic heterocycles. The summed E-state index contributed by atoms with van der Waals surface area (Å²) in [4.78, 5) is 0. The van der Waals surface area contributed by atoms with Gasteiger partial charge in [-0.1, -0.05) is 0 Å². The van der Waals surface area contributed by atoms with Crippen molar-refractivity contribution in [3.05, 3.63) is 52.5 Å². The van der Waals surface area contributed by atoms with E-state index in [-0.39, 0.29) is 0 Å². The number of rotatable bonds is 3. The molecule has 3 nitrogen and oxygen atoms in total. The van der Waals surface area contributed by atoms with Gasteiger partial charge < -0.3 is 9.47 Å². The van der Waals surface area contributed by atoms with E-state index in [4.69, 9.17) is 14.7 Å². The lowest BCUT2D eigenvalue weighted by atomic mass is 10.2. The lowest BCUT2D eigenvalue weighted by Crippen LogP contribution is -1.87. The van der Waals surface area contributed by atoms with E-state index in [0.29, 0.717) is 17.1 Å². The molecular weight excluding hydrogens is 294 g/mol. The Hall–Kier alpha value is -1.99. The highest BCUT2D eigenvalue weighted by molar-refractivity contribution is 9.10. The van der Waals surface area contributed by atoms with E-state index < -0.39 is 0 Å². The van der Waals surface area contributed by atoms with Crippen LogP contribution in [-0.2, 0) is 0 Å². The van der Waals surface area contributed by atoms with Gasteiger partial charge in [-0.2, -0.15) is 5.26 Å². The minimum atomic E-state index is 0.608. The zero-order valence-electron chi connectivity index (χ0n) is 9.68. The normalized spacial score (nSPS) is 9.61. The van der Waals surface area contributed by atoms with Gasteiger partial charge in [0, 0.05) is 0 Å². The van der Waals surface area contributed by atoms with Crippen molar-refractivity contribution in [1.82, 2.24) is 0 Å². The molecule has 4 heteroatoms. The third kappa shape index (κ3) is 2.82. The van der Waals surface area contributed by atoms with E-state index in [1.807, 2.05) is 18.2 Å². The molecule has 0 atom stereocenters. The Kier molecular flexibility index (Phi) is 3.85. The molecule has 0 heterocycles. The van der Waals surface area contributed by atoms with Gasteiger partial charge >= 0.3 is 0 Å². The number of hydrogen-bond acceptors (Lipinski definition) is 3. The molecule has 0 saturated carbocycles. The molecule has 0 bridgehead atoms. The summed E-state index contributed by atoms with van der Waals surface area (Å²) in [7, 11) is 1.61. The van der Waals surface area contributed by atoms with Gasteiger partial charge in [-0.15, -0.1) is 0 Å². The number of ether oxygens (including phenoxy) is 2. The minimum Gasteiger partial charge on any atom is -0.497 e. The highest BCUT2D eigenvalue weighted by Gasteiger charge is 2.04. The van der Waals surface area contributed by atoms with E-state index in [1.165, 1.54) is 0 Å². The molecule has 0 aliphatic rings. The lowest BCUT2D eigenvalue weighted by molar-refractivity contribution is 0.412. The van der Waals surface area contributed by atoms with Gasteiger partial charge in [0.1, 0.15) is 17.2 Å². The van der Waals surface area contributed by atoms with Crippen molar-refractivity contribution in [3.63, 3.8) is 0 Å². The van der Waals surface area contributed by atoms with E-state index >= 15 is 0 Å². The Bertz CT molecular complexity index is 588. The molecule has 0 radical (unpaired) electrons. The molecule has 0 aliphatic carbocycles. The second-order valence-electron chi connectivity index (χ2n) is 3.53. The minimum absolute atomic E-state index is 0.608. The molecule has 0 saturated heterocycles. The van der Waals surface area contributed by atoms with Crippen molar-refractivity contribution in [1.29, 1.82) is 5.26 Å². The van der Waals surface area contributed by atoms with Gasteiger partial charge in [0.15, 0.2) is 0 Å². The molecule has 90 valence electrons. The van der Waals surface area contributed by atoms with Crippen LogP contribution in [0.3, 0.4) is 0 Å². The molecule has 0 N–H and O–H groups in total. The van der Waals surface area contributed by atoms with Crippen molar-refractivity contribution in [3.8, 4) is 23.3 Å². The van der Waals surface area contributed by atoms with Crippen molar-refractivity contribution in [2.75, 3.05) is 7.11 Å². The second-order valence-corrected chi connectivity index (χ2v) is 4.39. The molecule has 0 unspecified atom stereocenters. The molecule has 0 spiro atoms. The summed E-state index contributed by atoms with van der Waals surface area (Å²) in [5.41, 5.74) is 0.608.